The maximum Gasteiger partial charge on any atom is 0.264 e. The number of amides is 2. The number of likely N-dealkylation sites (N-methyl/N-ethyl adjacent to an activating group) is 1. The molecule has 0 saturated carbocycles. The number of nitrogens with zero attached hydrogens (tertiary/aromatic N) is 2. The van der Waals surface area contributed by atoms with Crippen molar-refractivity contribution >= 4 is 50.7 Å². The number of sulfonamides is 1. The van der Waals surface area contributed by atoms with Gasteiger partial charge in [0.25, 0.3) is 10.0 Å². The van der Waals surface area contributed by atoms with Gasteiger partial charge in [0.15, 0.2) is 0 Å². The minimum Gasteiger partial charge on any atom is -0.355 e. The van der Waals surface area contributed by atoms with Crippen molar-refractivity contribution in [3.05, 3.63) is 94.2 Å². The van der Waals surface area contributed by atoms with Crippen LogP contribution < -0.4 is 9.62 Å². The molecule has 0 spiro atoms. The fourth-order valence-electron chi connectivity index (χ4n) is 3.62. The number of benzene rings is 3. The third-order valence-corrected chi connectivity index (χ3v) is 7.97. The lowest BCUT2D eigenvalue weighted by atomic mass is 10.1. The summed E-state index contributed by atoms with van der Waals surface area (Å²) in [7, 11) is -4.35. The van der Waals surface area contributed by atoms with Crippen molar-refractivity contribution in [2.24, 2.45) is 0 Å². The van der Waals surface area contributed by atoms with Crippen molar-refractivity contribution in [1.29, 1.82) is 0 Å². The Bertz CT molecular complexity index is 1370. The third-order valence-electron chi connectivity index (χ3n) is 5.61. The number of nitrogens with one attached hydrogen (secondary N) is 1. The van der Waals surface area contributed by atoms with Gasteiger partial charge in [-0.2, -0.15) is 0 Å². The van der Waals surface area contributed by atoms with Gasteiger partial charge in [0, 0.05) is 23.1 Å². The first kappa shape index (κ1) is 28.4. The number of rotatable bonds is 10. The van der Waals surface area contributed by atoms with Crippen LogP contribution in [0.1, 0.15) is 19.4 Å². The normalized spacial score (nSPS) is 12.0. The van der Waals surface area contributed by atoms with Crippen LogP contribution in [0.3, 0.4) is 0 Å². The number of hydrogen-bond donors (Lipinski definition) is 1. The van der Waals surface area contributed by atoms with E-state index in [1.54, 1.807) is 25.1 Å². The molecule has 0 radical (unpaired) electrons. The molecule has 0 fully saturated rings. The Balaban J connectivity index is 2.05. The Morgan fingerprint density at radius 3 is 2.27 bits per heavy atom. The summed E-state index contributed by atoms with van der Waals surface area (Å²) in [6.07, 6.45) is 0. The van der Waals surface area contributed by atoms with Gasteiger partial charge in [-0.1, -0.05) is 59.6 Å². The number of para-hydroxylation sites is 1. The Kier molecular flexibility index (Phi) is 9.53. The molecule has 3 rings (SSSR count). The van der Waals surface area contributed by atoms with E-state index in [0.717, 1.165) is 6.07 Å². The minimum absolute atomic E-state index is 0.108. The topological polar surface area (TPSA) is 86.8 Å². The quantitative estimate of drug-likeness (QED) is 0.379. The van der Waals surface area contributed by atoms with E-state index in [9.17, 15) is 22.4 Å². The fourth-order valence-corrected chi connectivity index (χ4v) is 5.54. The van der Waals surface area contributed by atoms with Gasteiger partial charge in [-0.3, -0.25) is 13.9 Å². The summed E-state index contributed by atoms with van der Waals surface area (Å²) < 4.78 is 42.7. The molecular weight excluding hydrogens is 540 g/mol. The van der Waals surface area contributed by atoms with E-state index in [2.05, 4.69) is 5.32 Å². The second kappa shape index (κ2) is 12.4. The van der Waals surface area contributed by atoms with Gasteiger partial charge >= 0.3 is 0 Å². The Hall–Kier alpha value is -3.14. The van der Waals surface area contributed by atoms with Crippen LogP contribution in [0.15, 0.2) is 77.7 Å². The van der Waals surface area contributed by atoms with E-state index in [-0.39, 0.29) is 22.2 Å². The van der Waals surface area contributed by atoms with Crippen molar-refractivity contribution in [3.63, 3.8) is 0 Å². The molecule has 1 N–H and O–H groups in total. The molecule has 7 nitrogen and oxygen atoms in total. The second-order valence-electron chi connectivity index (χ2n) is 8.10. The van der Waals surface area contributed by atoms with Crippen LogP contribution in [0.25, 0.3) is 0 Å². The predicted molar refractivity (Wildman–Crippen MR) is 143 cm³/mol. The molecule has 0 unspecified atom stereocenters. The zero-order valence-corrected chi connectivity index (χ0v) is 22.5. The van der Waals surface area contributed by atoms with E-state index in [1.807, 2.05) is 0 Å². The van der Waals surface area contributed by atoms with Gasteiger partial charge in [0.2, 0.25) is 11.8 Å². The lowest BCUT2D eigenvalue weighted by Gasteiger charge is -2.32. The van der Waals surface area contributed by atoms with Gasteiger partial charge in [-0.05, 0) is 55.8 Å². The summed E-state index contributed by atoms with van der Waals surface area (Å²) in [5.41, 5.74) is 0.203. The van der Waals surface area contributed by atoms with Gasteiger partial charge in [-0.15, -0.1) is 0 Å². The van der Waals surface area contributed by atoms with Crippen LogP contribution in [0.4, 0.5) is 10.1 Å². The fraction of sp³-hybridized carbons (Fsp3) is 0.231. The van der Waals surface area contributed by atoms with Gasteiger partial charge in [0.05, 0.1) is 10.6 Å². The van der Waals surface area contributed by atoms with Crippen molar-refractivity contribution in [2.75, 3.05) is 17.4 Å². The van der Waals surface area contributed by atoms with Crippen LogP contribution in [0, 0.1) is 5.82 Å². The molecule has 0 heterocycles. The van der Waals surface area contributed by atoms with Crippen LogP contribution in [0.5, 0.6) is 0 Å². The third kappa shape index (κ3) is 6.80. The largest absolute Gasteiger partial charge is 0.355 e. The summed E-state index contributed by atoms with van der Waals surface area (Å²) >= 11 is 12.3. The van der Waals surface area contributed by atoms with Crippen molar-refractivity contribution in [1.82, 2.24) is 10.2 Å². The predicted octanol–water partition coefficient (Wildman–Crippen LogP) is 4.88. The Morgan fingerprint density at radius 2 is 1.65 bits per heavy atom. The van der Waals surface area contributed by atoms with Gasteiger partial charge < -0.3 is 10.2 Å². The highest BCUT2D eigenvalue weighted by Gasteiger charge is 2.33. The molecule has 11 heteroatoms. The second-order valence-corrected chi connectivity index (χ2v) is 10.8. The average Bonchev–Trinajstić information content (AvgIpc) is 2.87. The van der Waals surface area contributed by atoms with Crippen LogP contribution in [-0.2, 0) is 26.2 Å². The maximum absolute atomic E-state index is 14.8. The van der Waals surface area contributed by atoms with Crippen LogP contribution >= 0.6 is 23.2 Å². The van der Waals surface area contributed by atoms with Crippen molar-refractivity contribution in [2.45, 2.75) is 31.3 Å². The van der Waals surface area contributed by atoms with E-state index in [4.69, 9.17) is 23.2 Å². The van der Waals surface area contributed by atoms with E-state index in [1.165, 1.54) is 60.4 Å². The summed E-state index contributed by atoms with van der Waals surface area (Å²) in [4.78, 5) is 27.5. The van der Waals surface area contributed by atoms with E-state index < -0.39 is 40.2 Å². The monoisotopic (exact) mass is 565 g/mol. The first-order valence-electron chi connectivity index (χ1n) is 11.4. The lowest BCUT2D eigenvalue weighted by Crippen LogP contribution is -2.51. The molecule has 37 heavy (non-hydrogen) atoms. The molecule has 0 aromatic heterocycles. The molecule has 196 valence electrons. The van der Waals surface area contributed by atoms with Gasteiger partial charge in [0.1, 0.15) is 18.4 Å². The smallest absolute Gasteiger partial charge is 0.264 e. The number of halogens is 3. The number of hydrogen-bond acceptors (Lipinski definition) is 4. The number of anilines is 1. The SMILES string of the molecule is CCNC(=O)[C@H](C)N(Cc1ccc(Cl)cc1Cl)C(=O)CN(c1ccccc1F)S(=O)(=O)c1ccccc1. The molecule has 0 aliphatic rings. The zero-order valence-electron chi connectivity index (χ0n) is 20.2. The first-order chi connectivity index (χ1) is 17.6. The minimum atomic E-state index is -4.35. The molecular formula is C26H26Cl2FN3O4S. The standard InChI is InChI=1S/C26H26Cl2FN3O4S/c1-3-30-26(34)18(2)31(16-19-13-14-20(27)15-22(19)28)25(33)17-32(24-12-8-7-11-23(24)29)37(35,36)21-9-5-4-6-10-21/h4-15,18H,3,16-17H2,1-2H3,(H,30,34)/t18-/m0/s1. The summed E-state index contributed by atoms with van der Waals surface area (Å²) in [5, 5.41) is 3.33. The molecule has 0 bridgehead atoms. The summed E-state index contributed by atoms with van der Waals surface area (Å²) in [6, 6.07) is 16.4. The molecule has 0 aliphatic carbocycles. The molecule has 2 amide bonds. The first-order valence-corrected chi connectivity index (χ1v) is 13.6. The highest BCUT2D eigenvalue weighted by molar-refractivity contribution is 7.92. The van der Waals surface area contributed by atoms with Crippen molar-refractivity contribution < 1.29 is 22.4 Å². The van der Waals surface area contributed by atoms with E-state index in [0.29, 0.717) is 21.4 Å². The highest BCUT2D eigenvalue weighted by Crippen LogP contribution is 2.28. The zero-order chi connectivity index (χ0) is 27.2. The Labute approximate surface area is 225 Å². The van der Waals surface area contributed by atoms with Crippen molar-refractivity contribution in [3.8, 4) is 0 Å². The highest BCUT2D eigenvalue weighted by atomic mass is 35.5. The van der Waals surface area contributed by atoms with Crippen LogP contribution in [0.2, 0.25) is 10.0 Å². The van der Waals surface area contributed by atoms with E-state index >= 15 is 0 Å². The van der Waals surface area contributed by atoms with Gasteiger partial charge in [-0.25, -0.2) is 12.8 Å². The molecule has 3 aromatic carbocycles. The molecule has 0 saturated heterocycles. The van der Waals surface area contributed by atoms with Crippen LogP contribution in [-0.4, -0.2) is 44.3 Å². The maximum atomic E-state index is 14.8. The molecule has 3 aromatic rings. The Morgan fingerprint density at radius 1 is 1.00 bits per heavy atom. The lowest BCUT2D eigenvalue weighted by molar-refractivity contribution is -0.139. The number of carbonyl (C=O) groups excluding carboxylic acids is 2. The molecule has 1 atom stereocenters. The average molecular weight is 566 g/mol. The number of carbonyl (C=O) groups is 2. The molecule has 0 aliphatic heterocycles. The summed E-state index contributed by atoms with van der Waals surface area (Å²) in [6.45, 7) is 2.72. The summed E-state index contributed by atoms with van der Waals surface area (Å²) in [5.74, 6) is -1.99.